The van der Waals surface area contributed by atoms with Crippen molar-refractivity contribution in [1.82, 2.24) is 15.1 Å². The number of aromatic nitrogens is 2. The number of amides is 2. The topological polar surface area (TPSA) is 96.2 Å². The van der Waals surface area contributed by atoms with Crippen LogP contribution in [-0.4, -0.2) is 39.9 Å². The number of benzene rings is 1. The van der Waals surface area contributed by atoms with Gasteiger partial charge in [-0.25, -0.2) is 4.68 Å². The van der Waals surface area contributed by atoms with Crippen LogP contribution in [0, 0.1) is 0 Å². The highest BCUT2D eigenvalue weighted by molar-refractivity contribution is 5.95. The van der Waals surface area contributed by atoms with Crippen molar-refractivity contribution < 1.29 is 14.7 Å². The summed E-state index contributed by atoms with van der Waals surface area (Å²) in [5, 5.41) is 18.3. The summed E-state index contributed by atoms with van der Waals surface area (Å²) in [6.07, 6.45) is 0.476. The molecule has 2 amide bonds. The third-order valence-electron chi connectivity index (χ3n) is 2.87. The predicted octanol–water partition coefficient (Wildman–Crippen LogP) is 0.943. The molecule has 0 spiro atoms. The van der Waals surface area contributed by atoms with Crippen LogP contribution in [0.25, 0.3) is 5.69 Å². The fourth-order valence-electron chi connectivity index (χ4n) is 1.90. The Kier molecular flexibility index (Phi) is 5.26. The zero-order valence-corrected chi connectivity index (χ0v) is 12.2. The van der Waals surface area contributed by atoms with Crippen molar-refractivity contribution in [1.29, 1.82) is 0 Å². The molecule has 0 unspecified atom stereocenters. The Bertz CT molecular complexity index is 652. The van der Waals surface area contributed by atoms with E-state index in [9.17, 15) is 9.59 Å². The van der Waals surface area contributed by atoms with Crippen LogP contribution in [0.1, 0.15) is 23.8 Å². The van der Waals surface area contributed by atoms with Crippen LogP contribution >= 0.6 is 0 Å². The molecule has 22 heavy (non-hydrogen) atoms. The molecule has 3 N–H and O–H groups in total. The molecule has 0 bridgehead atoms. The first-order valence-corrected chi connectivity index (χ1v) is 6.94. The average molecular weight is 302 g/mol. The molecule has 1 aromatic heterocycles. The Balaban J connectivity index is 2.28. The molecule has 2 aromatic rings. The third kappa shape index (κ3) is 3.92. The smallest absolute Gasteiger partial charge is 0.271 e. The van der Waals surface area contributed by atoms with Crippen LogP contribution in [0.15, 0.2) is 36.4 Å². The molecule has 0 aliphatic heterocycles. The summed E-state index contributed by atoms with van der Waals surface area (Å²) in [6, 6.07) is 10.7. The molecule has 0 aliphatic rings. The molecular weight excluding hydrogens is 284 g/mol. The quantitative estimate of drug-likeness (QED) is 0.692. The molecule has 7 heteroatoms. The van der Waals surface area contributed by atoms with Crippen LogP contribution in [0.3, 0.4) is 0 Å². The molecule has 0 radical (unpaired) electrons. The van der Waals surface area contributed by atoms with Crippen LogP contribution < -0.4 is 10.6 Å². The number of carbonyl (C=O) groups excluding carboxylic acids is 2. The van der Waals surface area contributed by atoms with Gasteiger partial charge in [-0.15, -0.1) is 0 Å². The van der Waals surface area contributed by atoms with Gasteiger partial charge in [0.25, 0.3) is 5.91 Å². The maximum absolute atomic E-state index is 12.0. The van der Waals surface area contributed by atoms with Crippen molar-refractivity contribution >= 4 is 17.6 Å². The summed E-state index contributed by atoms with van der Waals surface area (Å²) in [5.41, 5.74) is 0.936. The maximum atomic E-state index is 12.0. The van der Waals surface area contributed by atoms with Crippen molar-refractivity contribution in [2.24, 2.45) is 0 Å². The monoisotopic (exact) mass is 302 g/mol. The van der Waals surface area contributed by atoms with E-state index in [1.807, 2.05) is 30.3 Å². The largest absolute Gasteiger partial charge is 0.396 e. The fraction of sp³-hybridized carbons (Fsp3) is 0.267. The molecule has 0 saturated carbocycles. The molecule has 1 heterocycles. The van der Waals surface area contributed by atoms with Gasteiger partial charge in [-0.2, -0.15) is 5.10 Å². The molecule has 1 aromatic carbocycles. The first kappa shape index (κ1) is 15.7. The highest BCUT2D eigenvalue weighted by atomic mass is 16.3. The van der Waals surface area contributed by atoms with Crippen molar-refractivity contribution in [3.63, 3.8) is 0 Å². The number of nitrogens with zero attached hydrogens (tertiary/aromatic N) is 2. The molecule has 0 saturated heterocycles. The summed E-state index contributed by atoms with van der Waals surface area (Å²) in [6.45, 7) is 1.77. The van der Waals surface area contributed by atoms with E-state index in [1.54, 1.807) is 0 Å². The highest BCUT2D eigenvalue weighted by Gasteiger charge is 2.15. The second-order valence-electron chi connectivity index (χ2n) is 4.68. The SMILES string of the molecule is CC(=O)Nc1cc(C(=O)NCCCO)nn1-c1ccccc1. The number of anilines is 1. The number of aliphatic hydroxyl groups excluding tert-OH is 1. The van der Waals surface area contributed by atoms with E-state index in [1.165, 1.54) is 17.7 Å². The van der Waals surface area contributed by atoms with E-state index >= 15 is 0 Å². The minimum absolute atomic E-state index is 0.00980. The van der Waals surface area contributed by atoms with Crippen molar-refractivity contribution in [3.8, 4) is 5.69 Å². The van der Waals surface area contributed by atoms with E-state index in [4.69, 9.17) is 5.11 Å². The number of hydrogen-bond acceptors (Lipinski definition) is 4. The summed E-state index contributed by atoms with van der Waals surface area (Å²) in [7, 11) is 0. The molecular formula is C15H18N4O3. The number of aliphatic hydroxyl groups is 1. The Morgan fingerprint density at radius 1 is 1.27 bits per heavy atom. The zero-order chi connectivity index (χ0) is 15.9. The summed E-state index contributed by atoms with van der Waals surface area (Å²) >= 11 is 0. The van der Waals surface area contributed by atoms with Gasteiger partial charge in [-0.3, -0.25) is 9.59 Å². The van der Waals surface area contributed by atoms with E-state index < -0.39 is 0 Å². The lowest BCUT2D eigenvalue weighted by molar-refractivity contribution is -0.114. The standard InChI is InChI=1S/C15H18N4O3/c1-11(21)17-14-10-13(15(22)16-8-5-9-20)18-19(14)12-6-3-2-4-7-12/h2-4,6-7,10,20H,5,8-9H2,1H3,(H,16,22)(H,17,21). The van der Waals surface area contributed by atoms with Crippen molar-refractivity contribution in [2.45, 2.75) is 13.3 Å². The third-order valence-corrected chi connectivity index (χ3v) is 2.87. The highest BCUT2D eigenvalue weighted by Crippen LogP contribution is 2.17. The molecule has 7 nitrogen and oxygen atoms in total. The van der Waals surface area contributed by atoms with Gasteiger partial charge in [0.15, 0.2) is 5.69 Å². The number of rotatable bonds is 6. The second-order valence-corrected chi connectivity index (χ2v) is 4.68. The predicted molar refractivity (Wildman–Crippen MR) is 81.9 cm³/mol. The van der Waals surface area contributed by atoms with Gasteiger partial charge in [0.2, 0.25) is 5.91 Å². The lowest BCUT2D eigenvalue weighted by Gasteiger charge is -2.06. The summed E-state index contributed by atoms with van der Waals surface area (Å²) < 4.78 is 1.50. The molecule has 0 fully saturated rings. The fourth-order valence-corrected chi connectivity index (χ4v) is 1.90. The Morgan fingerprint density at radius 2 is 2.00 bits per heavy atom. The van der Waals surface area contributed by atoms with Crippen LogP contribution in [0.2, 0.25) is 0 Å². The van der Waals surface area contributed by atoms with Gasteiger partial charge >= 0.3 is 0 Å². The van der Waals surface area contributed by atoms with E-state index in [0.29, 0.717) is 18.8 Å². The summed E-state index contributed by atoms with van der Waals surface area (Å²) in [4.78, 5) is 23.3. The Labute approximate surface area is 128 Å². The second kappa shape index (κ2) is 7.37. The molecule has 0 atom stereocenters. The van der Waals surface area contributed by atoms with E-state index in [-0.39, 0.29) is 24.1 Å². The number of carbonyl (C=O) groups is 2. The van der Waals surface area contributed by atoms with Crippen molar-refractivity contribution in [3.05, 3.63) is 42.1 Å². The maximum Gasteiger partial charge on any atom is 0.271 e. The minimum atomic E-state index is -0.352. The Morgan fingerprint density at radius 3 is 2.64 bits per heavy atom. The number of nitrogens with one attached hydrogen (secondary N) is 2. The number of para-hydroxylation sites is 1. The van der Waals surface area contributed by atoms with Gasteiger partial charge in [0.05, 0.1) is 5.69 Å². The van der Waals surface area contributed by atoms with Gasteiger partial charge < -0.3 is 15.7 Å². The first-order valence-electron chi connectivity index (χ1n) is 6.94. The normalized spacial score (nSPS) is 10.3. The van der Waals surface area contributed by atoms with Crippen LogP contribution in [0.4, 0.5) is 5.82 Å². The van der Waals surface area contributed by atoms with E-state index in [0.717, 1.165) is 5.69 Å². The van der Waals surface area contributed by atoms with Crippen LogP contribution in [0.5, 0.6) is 0 Å². The molecule has 0 aliphatic carbocycles. The molecule has 116 valence electrons. The Hall–Kier alpha value is -2.67. The average Bonchev–Trinajstić information content (AvgIpc) is 2.91. The van der Waals surface area contributed by atoms with Crippen molar-refractivity contribution in [2.75, 3.05) is 18.5 Å². The van der Waals surface area contributed by atoms with Gasteiger partial charge in [0.1, 0.15) is 5.82 Å². The van der Waals surface area contributed by atoms with Gasteiger partial charge in [0, 0.05) is 26.1 Å². The van der Waals surface area contributed by atoms with Gasteiger partial charge in [-0.05, 0) is 18.6 Å². The first-order chi connectivity index (χ1) is 10.6. The van der Waals surface area contributed by atoms with E-state index in [2.05, 4.69) is 15.7 Å². The zero-order valence-electron chi connectivity index (χ0n) is 12.2. The summed E-state index contributed by atoms with van der Waals surface area (Å²) in [5.74, 6) is -0.176. The van der Waals surface area contributed by atoms with Crippen LogP contribution in [-0.2, 0) is 4.79 Å². The lowest BCUT2D eigenvalue weighted by atomic mass is 10.3. The number of hydrogen-bond donors (Lipinski definition) is 3. The lowest BCUT2D eigenvalue weighted by Crippen LogP contribution is -2.25. The molecule has 2 rings (SSSR count). The minimum Gasteiger partial charge on any atom is -0.396 e. The van der Waals surface area contributed by atoms with Gasteiger partial charge in [-0.1, -0.05) is 18.2 Å².